The van der Waals surface area contributed by atoms with Crippen LogP contribution in [-0.2, 0) is 0 Å². The van der Waals surface area contributed by atoms with Crippen molar-refractivity contribution in [2.24, 2.45) is 0 Å². The van der Waals surface area contributed by atoms with Gasteiger partial charge in [-0.1, -0.05) is 6.07 Å². The molecule has 1 aliphatic rings. The maximum atomic E-state index is 13.3. The molecule has 0 atom stereocenters. The van der Waals surface area contributed by atoms with Crippen LogP contribution in [0, 0.1) is 5.82 Å². The molecule has 0 amide bonds. The van der Waals surface area contributed by atoms with Crippen LogP contribution in [0.2, 0.25) is 0 Å². The highest BCUT2D eigenvalue weighted by atomic mass is 19.1. The molecule has 0 aliphatic heterocycles. The monoisotopic (exact) mass is 269 g/mol. The first kappa shape index (κ1) is 11.3. The van der Waals surface area contributed by atoms with E-state index >= 15 is 0 Å². The number of nitrogens with zero attached hydrogens (tertiary/aromatic N) is 4. The summed E-state index contributed by atoms with van der Waals surface area (Å²) in [5, 5.41) is 8.51. The highest BCUT2D eigenvalue weighted by Gasteiger charge is 2.23. The van der Waals surface area contributed by atoms with E-state index in [1.807, 2.05) is 0 Å². The molecule has 2 heterocycles. The van der Waals surface area contributed by atoms with Crippen LogP contribution >= 0.6 is 0 Å². The molecule has 0 radical (unpaired) electrons. The molecule has 100 valence electrons. The molecule has 0 bridgehead atoms. The first-order valence-electron chi connectivity index (χ1n) is 6.52. The average molecular weight is 269 g/mol. The van der Waals surface area contributed by atoms with Gasteiger partial charge in [-0.3, -0.25) is 0 Å². The van der Waals surface area contributed by atoms with Crippen LogP contribution in [0.4, 0.5) is 10.2 Å². The van der Waals surface area contributed by atoms with Gasteiger partial charge in [-0.05, 0) is 31.0 Å². The number of hydrogen-bond donors (Lipinski definition) is 1. The zero-order valence-electron chi connectivity index (χ0n) is 10.6. The molecule has 3 aromatic rings. The van der Waals surface area contributed by atoms with Crippen LogP contribution in [-0.4, -0.2) is 25.8 Å². The summed E-state index contributed by atoms with van der Waals surface area (Å²) in [6, 6.07) is 6.80. The van der Waals surface area contributed by atoms with Gasteiger partial charge in [0.25, 0.3) is 0 Å². The van der Waals surface area contributed by atoms with E-state index in [-0.39, 0.29) is 5.82 Å². The van der Waals surface area contributed by atoms with E-state index in [0.29, 0.717) is 17.4 Å². The number of anilines is 1. The van der Waals surface area contributed by atoms with Crippen molar-refractivity contribution in [3.05, 3.63) is 42.6 Å². The molecular formula is C14H12FN5. The maximum absolute atomic E-state index is 13.3. The number of rotatable bonds is 3. The van der Waals surface area contributed by atoms with Gasteiger partial charge in [0.15, 0.2) is 5.65 Å². The molecule has 1 N–H and O–H groups in total. The second kappa shape index (κ2) is 4.26. The van der Waals surface area contributed by atoms with Crippen LogP contribution in [0.1, 0.15) is 12.8 Å². The van der Waals surface area contributed by atoms with Gasteiger partial charge in [-0.15, -0.1) is 0 Å². The number of aromatic nitrogens is 4. The van der Waals surface area contributed by atoms with Crippen LogP contribution in [0.15, 0.2) is 36.8 Å². The molecule has 0 unspecified atom stereocenters. The number of halogens is 1. The van der Waals surface area contributed by atoms with Crippen molar-refractivity contribution in [2.75, 3.05) is 5.32 Å². The molecule has 4 rings (SSSR count). The normalized spacial score (nSPS) is 14.7. The number of nitrogens with one attached hydrogen (secondary N) is 1. The topological polar surface area (TPSA) is 55.6 Å². The first-order valence-corrected chi connectivity index (χ1v) is 6.52. The van der Waals surface area contributed by atoms with Gasteiger partial charge in [0.05, 0.1) is 17.3 Å². The highest BCUT2D eigenvalue weighted by molar-refractivity contribution is 5.87. The third kappa shape index (κ3) is 1.89. The van der Waals surface area contributed by atoms with Crippen molar-refractivity contribution < 1.29 is 4.39 Å². The fraction of sp³-hybridized carbons (Fsp3) is 0.214. The maximum Gasteiger partial charge on any atom is 0.168 e. The lowest BCUT2D eigenvalue weighted by Crippen LogP contribution is -2.04. The van der Waals surface area contributed by atoms with Gasteiger partial charge in [0, 0.05) is 6.04 Å². The first-order chi connectivity index (χ1) is 9.81. The van der Waals surface area contributed by atoms with E-state index in [1.54, 1.807) is 23.0 Å². The lowest BCUT2D eigenvalue weighted by molar-refractivity contribution is 0.625. The van der Waals surface area contributed by atoms with Gasteiger partial charge >= 0.3 is 0 Å². The van der Waals surface area contributed by atoms with E-state index in [4.69, 9.17) is 0 Å². The van der Waals surface area contributed by atoms with Crippen molar-refractivity contribution in [1.82, 2.24) is 19.7 Å². The lowest BCUT2D eigenvalue weighted by atomic mass is 10.3. The van der Waals surface area contributed by atoms with Crippen molar-refractivity contribution in [3.63, 3.8) is 0 Å². The Morgan fingerprint density at radius 3 is 2.95 bits per heavy atom. The predicted octanol–water partition coefficient (Wildman–Crippen LogP) is 2.53. The Balaban J connectivity index is 1.84. The molecule has 20 heavy (non-hydrogen) atoms. The zero-order valence-corrected chi connectivity index (χ0v) is 10.6. The summed E-state index contributed by atoms with van der Waals surface area (Å²) in [5.74, 6) is 0.497. The minimum atomic E-state index is -0.295. The van der Waals surface area contributed by atoms with E-state index < -0.39 is 0 Å². The van der Waals surface area contributed by atoms with Gasteiger partial charge in [-0.2, -0.15) is 5.10 Å². The van der Waals surface area contributed by atoms with Crippen molar-refractivity contribution in [2.45, 2.75) is 18.9 Å². The second-order valence-corrected chi connectivity index (χ2v) is 4.91. The van der Waals surface area contributed by atoms with E-state index in [2.05, 4.69) is 20.4 Å². The van der Waals surface area contributed by atoms with Crippen molar-refractivity contribution >= 4 is 16.9 Å². The Morgan fingerprint density at radius 2 is 2.15 bits per heavy atom. The standard InChI is InChI=1S/C14H12FN5/c15-9-2-1-3-11(6-9)20-14-12(7-18-20)13(16-8-17-14)19-10-4-5-10/h1-3,6-8,10H,4-5H2,(H,16,17,19). The molecule has 2 aromatic heterocycles. The lowest BCUT2D eigenvalue weighted by Gasteiger charge is -2.05. The molecule has 0 saturated heterocycles. The van der Waals surface area contributed by atoms with Crippen LogP contribution in [0.3, 0.4) is 0 Å². The summed E-state index contributed by atoms with van der Waals surface area (Å²) in [6.45, 7) is 0. The Labute approximate surface area is 114 Å². The fourth-order valence-electron chi connectivity index (χ4n) is 2.18. The molecule has 1 aliphatic carbocycles. The summed E-state index contributed by atoms with van der Waals surface area (Å²) in [7, 11) is 0. The predicted molar refractivity (Wildman–Crippen MR) is 73.3 cm³/mol. The fourth-order valence-corrected chi connectivity index (χ4v) is 2.18. The molecule has 5 nitrogen and oxygen atoms in total. The third-order valence-corrected chi connectivity index (χ3v) is 3.34. The van der Waals surface area contributed by atoms with Gasteiger partial charge in [0.1, 0.15) is 18.0 Å². The Bertz CT molecular complexity index is 778. The highest BCUT2D eigenvalue weighted by Crippen LogP contribution is 2.28. The van der Waals surface area contributed by atoms with Crippen LogP contribution < -0.4 is 5.32 Å². The van der Waals surface area contributed by atoms with Crippen LogP contribution in [0.25, 0.3) is 16.7 Å². The smallest absolute Gasteiger partial charge is 0.168 e. The minimum absolute atomic E-state index is 0.295. The number of fused-ring (bicyclic) bond motifs is 1. The average Bonchev–Trinajstić information content (AvgIpc) is 3.15. The Morgan fingerprint density at radius 1 is 1.25 bits per heavy atom. The molecule has 0 spiro atoms. The zero-order chi connectivity index (χ0) is 13.5. The van der Waals surface area contributed by atoms with Gasteiger partial charge < -0.3 is 5.32 Å². The largest absolute Gasteiger partial charge is 0.367 e. The van der Waals surface area contributed by atoms with Crippen molar-refractivity contribution in [3.8, 4) is 5.69 Å². The van der Waals surface area contributed by atoms with E-state index in [0.717, 1.165) is 11.2 Å². The molecule has 1 aromatic carbocycles. The summed E-state index contributed by atoms with van der Waals surface area (Å²) in [4.78, 5) is 8.52. The third-order valence-electron chi connectivity index (χ3n) is 3.34. The van der Waals surface area contributed by atoms with Gasteiger partial charge in [-0.25, -0.2) is 19.0 Å². The Kier molecular flexibility index (Phi) is 2.42. The van der Waals surface area contributed by atoms with E-state index in [9.17, 15) is 4.39 Å². The SMILES string of the molecule is Fc1cccc(-n2ncc3c(NC4CC4)ncnc32)c1. The number of benzene rings is 1. The summed E-state index contributed by atoms with van der Waals surface area (Å²) >= 11 is 0. The minimum Gasteiger partial charge on any atom is -0.367 e. The second-order valence-electron chi connectivity index (χ2n) is 4.91. The summed E-state index contributed by atoms with van der Waals surface area (Å²) in [6.07, 6.45) is 5.56. The summed E-state index contributed by atoms with van der Waals surface area (Å²) in [5.41, 5.74) is 1.32. The Hall–Kier alpha value is -2.50. The van der Waals surface area contributed by atoms with Crippen LogP contribution in [0.5, 0.6) is 0 Å². The molecule has 1 saturated carbocycles. The van der Waals surface area contributed by atoms with E-state index in [1.165, 1.54) is 31.3 Å². The van der Waals surface area contributed by atoms with Crippen molar-refractivity contribution in [1.29, 1.82) is 0 Å². The molecule has 1 fully saturated rings. The molecule has 6 heteroatoms. The van der Waals surface area contributed by atoms with Gasteiger partial charge in [0.2, 0.25) is 0 Å². The summed E-state index contributed by atoms with van der Waals surface area (Å²) < 4.78 is 15.0. The molecular weight excluding hydrogens is 257 g/mol. The number of hydrogen-bond acceptors (Lipinski definition) is 4. The quantitative estimate of drug-likeness (QED) is 0.793.